The van der Waals surface area contributed by atoms with Crippen molar-refractivity contribution in [1.29, 1.82) is 0 Å². The average Bonchev–Trinajstić information content (AvgIpc) is 2.03. The second-order valence-electron chi connectivity index (χ2n) is 2.47. The molecule has 0 aliphatic rings. The molecular formula is C9H7FO3. The molecule has 0 fully saturated rings. The van der Waals surface area contributed by atoms with Crippen molar-refractivity contribution in [2.24, 2.45) is 0 Å². The van der Waals surface area contributed by atoms with E-state index in [-0.39, 0.29) is 5.56 Å². The van der Waals surface area contributed by atoms with E-state index in [4.69, 9.17) is 5.11 Å². The van der Waals surface area contributed by atoms with E-state index in [1.807, 2.05) is 0 Å². The maximum absolute atomic E-state index is 12.9. The number of carboxylic acids is 1. The first kappa shape index (κ1) is 9.38. The molecule has 4 heteroatoms. The largest absolute Gasteiger partial charge is 0.481 e. The minimum Gasteiger partial charge on any atom is -0.481 e. The van der Waals surface area contributed by atoms with Crippen LogP contribution in [0.4, 0.5) is 4.39 Å². The normalized spacial score (nSPS) is 9.62. The number of carbonyl (C=O) groups is 2. The second kappa shape index (κ2) is 3.80. The summed E-state index contributed by atoms with van der Waals surface area (Å²) in [5.41, 5.74) is -0.176. The van der Waals surface area contributed by atoms with E-state index in [9.17, 15) is 14.0 Å². The molecule has 0 amide bonds. The average molecular weight is 182 g/mol. The molecular weight excluding hydrogens is 175 g/mol. The van der Waals surface area contributed by atoms with Crippen molar-refractivity contribution in [1.82, 2.24) is 0 Å². The van der Waals surface area contributed by atoms with Crippen LogP contribution in [0.1, 0.15) is 16.8 Å². The molecule has 1 rings (SSSR count). The van der Waals surface area contributed by atoms with Crippen LogP contribution in [0.15, 0.2) is 24.3 Å². The van der Waals surface area contributed by atoms with Crippen LogP contribution in [0.2, 0.25) is 0 Å². The van der Waals surface area contributed by atoms with Gasteiger partial charge in [0.25, 0.3) is 0 Å². The van der Waals surface area contributed by atoms with Gasteiger partial charge in [0.2, 0.25) is 0 Å². The molecule has 0 atom stereocenters. The summed E-state index contributed by atoms with van der Waals surface area (Å²) in [6.45, 7) is 0. The third-order valence-electron chi connectivity index (χ3n) is 1.49. The fourth-order valence-corrected chi connectivity index (χ4v) is 0.920. The minimum absolute atomic E-state index is 0.176. The molecule has 0 bridgehead atoms. The van der Waals surface area contributed by atoms with E-state index in [0.717, 1.165) is 6.07 Å². The van der Waals surface area contributed by atoms with Gasteiger partial charge in [-0.1, -0.05) is 12.1 Å². The highest BCUT2D eigenvalue weighted by Gasteiger charge is 2.13. The first-order valence-electron chi connectivity index (χ1n) is 3.61. The van der Waals surface area contributed by atoms with E-state index < -0.39 is 24.0 Å². The van der Waals surface area contributed by atoms with Crippen LogP contribution in [0.5, 0.6) is 0 Å². The number of aliphatic carboxylic acids is 1. The van der Waals surface area contributed by atoms with E-state index in [1.54, 1.807) is 0 Å². The van der Waals surface area contributed by atoms with Gasteiger partial charge in [-0.2, -0.15) is 0 Å². The van der Waals surface area contributed by atoms with Gasteiger partial charge in [0.05, 0.1) is 5.56 Å². The maximum Gasteiger partial charge on any atom is 0.311 e. The maximum atomic E-state index is 12.9. The molecule has 1 N–H and O–H groups in total. The number of rotatable bonds is 3. The smallest absolute Gasteiger partial charge is 0.311 e. The molecule has 1 aromatic rings. The van der Waals surface area contributed by atoms with Gasteiger partial charge in [-0.05, 0) is 12.1 Å². The molecule has 13 heavy (non-hydrogen) atoms. The van der Waals surface area contributed by atoms with Crippen molar-refractivity contribution in [2.75, 3.05) is 0 Å². The van der Waals surface area contributed by atoms with E-state index in [1.165, 1.54) is 18.2 Å². The third kappa shape index (κ3) is 2.37. The van der Waals surface area contributed by atoms with Crippen LogP contribution in [-0.2, 0) is 4.79 Å². The second-order valence-corrected chi connectivity index (χ2v) is 2.47. The van der Waals surface area contributed by atoms with Gasteiger partial charge >= 0.3 is 5.97 Å². The van der Waals surface area contributed by atoms with E-state index in [2.05, 4.69) is 0 Å². The zero-order valence-electron chi connectivity index (χ0n) is 6.66. The molecule has 0 aromatic heterocycles. The predicted octanol–water partition coefficient (Wildman–Crippen LogP) is 1.48. The summed E-state index contributed by atoms with van der Waals surface area (Å²) in [4.78, 5) is 21.2. The molecule has 0 unspecified atom stereocenters. The van der Waals surface area contributed by atoms with Crippen molar-refractivity contribution in [3.8, 4) is 0 Å². The first-order valence-corrected chi connectivity index (χ1v) is 3.61. The fourth-order valence-electron chi connectivity index (χ4n) is 0.920. The Morgan fingerprint density at radius 2 is 1.92 bits per heavy atom. The van der Waals surface area contributed by atoms with E-state index >= 15 is 0 Å². The zero-order chi connectivity index (χ0) is 9.84. The summed E-state index contributed by atoms with van der Waals surface area (Å²) < 4.78 is 12.9. The molecule has 0 heterocycles. The topological polar surface area (TPSA) is 54.4 Å². The number of carboxylic acid groups (broad SMARTS) is 1. The van der Waals surface area contributed by atoms with Gasteiger partial charge in [0, 0.05) is 0 Å². The quantitative estimate of drug-likeness (QED) is 0.569. The van der Waals surface area contributed by atoms with Crippen LogP contribution < -0.4 is 0 Å². The Bertz CT molecular complexity index is 346. The zero-order valence-corrected chi connectivity index (χ0v) is 6.66. The van der Waals surface area contributed by atoms with Gasteiger partial charge in [0.15, 0.2) is 5.78 Å². The number of benzene rings is 1. The Balaban J connectivity index is 2.89. The van der Waals surface area contributed by atoms with Crippen molar-refractivity contribution < 1.29 is 19.1 Å². The monoisotopic (exact) mass is 182 g/mol. The Kier molecular flexibility index (Phi) is 2.74. The van der Waals surface area contributed by atoms with Gasteiger partial charge in [-0.3, -0.25) is 9.59 Å². The van der Waals surface area contributed by atoms with Crippen molar-refractivity contribution >= 4 is 11.8 Å². The fraction of sp³-hybridized carbons (Fsp3) is 0.111. The summed E-state index contributed by atoms with van der Waals surface area (Å²) in [6.07, 6.45) is -0.680. The highest BCUT2D eigenvalue weighted by atomic mass is 19.1. The summed E-state index contributed by atoms with van der Waals surface area (Å²) in [7, 11) is 0. The number of halogens is 1. The van der Waals surface area contributed by atoms with Crippen LogP contribution in [-0.4, -0.2) is 16.9 Å². The SMILES string of the molecule is O=C(O)CC(=O)c1ccccc1F. The number of hydrogen-bond donors (Lipinski definition) is 1. The number of carbonyl (C=O) groups excluding carboxylic acids is 1. The summed E-state index contributed by atoms with van der Waals surface area (Å²) in [6, 6.07) is 5.31. The number of hydrogen-bond acceptors (Lipinski definition) is 2. The Hall–Kier alpha value is -1.71. The Morgan fingerprint density at radius 1 is 1.31 bits per heavy atom. The van der Waals surface area contributed by atoms with Gasteiger partial charge in [-0.15, -0.1) is 0 Å². The predicted molar refractivity (Wildman–Crippen MR) is 43.0 cm³/mol. The van der Waals surface area contributed by atoms with Crippen molar-refractivity contribution in [3.63, 3.8) is 0 Å². The molecule has 0 radical (unpaired) electrons. The van der Waals surface area contributed by atoms with Crippen LogP contribution >= 0.6 is 0 Å². The van der Waals surface area contributed by atoms with Gasteiger partial charge in [0.1, 0.15) is 12.2 Å². The lowest BCUT2D eigenvalue weighted by Gasteiger charge is -1.98. The summed E-state index contributed by atoms with van der Waals surface area (Å²) >= 11 is 0. The lowest BCUT2D eigenvalue weighted by molar-refractivity contribution is -0.135. The Morgan fingerprint density at radius 3 is 2.46 bits per heavy atom. The highest BCUT2D eigenvalue weighted by Crippen LogP contribution is 2.08. The first-order chi connectivity index (χ1) is 6.11. The van der Waals surface area contributed by atoms with Crippen LogP contribution in [0.25, 0.3) is 0 Å². The van der Waals surface area contributed by atoms with Crippen LogP contribution in [0.3, 0.4) is 0 Å². The molecule has 0 saturated heterocycles. The molecule has 0 aliphatic carbocycles. The Labute approximate surface area is 73.8 Å². The standard InChI is InChI=1S/C9H7FO3/c10-7-4-2-1-3-6(7)8(11)5-9(12)13/h1-4H,5H2,(H,12,13). The molecule has 0 spiro atoms. The van der Waals surface area contributed by atoms with Gasteiger partial charge in [-0.25, -0.2) is 4.39 Å². The van der Waals surface area contributed by atoms with Crippen molar-refractivity contribution in [2.45, 2.75) is 6.42 Å². The molecule has 1 aromatic carbocycles. The molecule has 0 aliphatic heterocycles. The number of Topliss-reactive ketones (excluding diaryl/α,β-unsaturated/α-hetero) is 1. The molecule has 68 valence electrons. The lowest BCUT2D eigenvalue weighted by atomic mass is 10.1. The highest BCUT2D eigenvalue weighted by molar-refractivity contribution is 6.05. The number of ketones is 1. The molecule has 3 nitrogen and oxygen atoms in total. The van der Waals surface area contributed by atoms with Crippen LogP contribution in [0, 0.1) is 5.82 Å². The third-order valence-corrected chi connectivity index (χ3v) is 1.49. The molecule has 0 saturated carbocycles. The van der Waals surface area contributed by atoms with E-state index in [0.29, 0.717) is 0 Å². The minimum atomic E-state index is -1.26. The summed E-state index contributed by atoms with van der Waals surface area (Å²) in [5.74, 6) is -2.66. The van der Waals surface area contributed by atoms with Crippen molar-refractivity contribution in [3.05, 3.63) is 35.6 Å². The lowest BCUT2D eigenvalue weighted by Crippen LogP contribution is -2.08. The van der Waals surface area contributed by atoms with Gasteiger partial charge < -0.3 is 5.11 Å². The summed E-state index contributed by atoms with van der Waals surface area (Å²) in [5, 5.41) is 8.29.